The second-order valence-electron chi connectivity index (χ2n) is 7.38. The van der Waals surface area contributed by atoms with Crippen LogP contribution < -0.4 is 10.6 Å². The second kappa shape index (κ2) is 9.26. The summed E-state index contributed by atoms with van der Waals surface area (Å²) in [5, 5.41) is 6.07. The molecule has 0 aliphatic rings. The minimum atomic E-state index is -0.989. The van der Waals surface area contributed by atoms with E-state index in [1.54, 1.807) is 44.3 Å². The fraction of sp³-hybridized carbons (Fsp3) is 0.261. The monoisotopic (exact) mass is 407 g/mol. The Balaban J connectivity index is 1.65. The van der Waals surface area contributed by atoms with Crippen molar-refractivity contribution < 1.29 is 19.1 Å². The van der Waals surface area contributed by atoms with Gasteiger partial charge in [0.25, 0.3) is 0 Å². The third kappa shape index (κ3) is 4.86. The van der Waals surface area contributed by atoms with Crippen LogP contribution in [0.1, 0.15) is 31.1 Å². The molecule has 0 aliphatic heterocycles. The van der Waals surface area contributed by atoms with Crippen LogP contribution in [0.4, 0.5) is 10.5 Å². The molecule has 7 nitrogen and oxygen atoms in total. The summed E-state index contributed by atoms with van der Waals surface area (Å²) in [4.78, 5) is 40.8. The van der Waals surface area contributed by atoms with E-state index in [1.807, 2.05) is 30.3 Å². The first-order valence-corrected chi connectivity index (χ1v) is 9.80. The number of hydrogen-bond donors (Lipinski definition) is 3. The number of Topliss-reactive ketones (excluding diaryl/α,β-unsaturated/α-hetero) is 1. The number of para-hydroxylation sites is 2. The second-order valence-corrected chi connectivity index (χ2v) is 7.38. The predicted octanol–water partition coefficient (Wildman–Crippen LogP) is 4.13. The molecule has 1 aromatic heterocycles. The molecular weight excluding hydrogens is 382 g/mol. The number of fused-ring (bicyclic) bond motifs is 1. The van der Waals surface area contributed by atoms with Crippen molar-refractivity contribution in [1.29, 1.82) is 0 Å². The van der Waals surface area contributed by atoms with Crippen LogP contribution in [0.15, 0.2) is 60.8 Å². The highest BCUT2D eigenvalue weighted by Crippen LogP contribution is 2.20. The summed E-state index contributed by atoms with van der Waals surface area (Å²) < 4.78 is 5.41. The van der Waals surface area contributed by atoms with Gasteiger partial charge in [0.1, 0.15) is 6.04 Å². The lowest BCUT2D eigenvalue weighted by Crippen LogP contribution is -2.48. The lowest BCUT2D eigenvalue weighted by atomic mass is 10.0. The molecule has 0 unspecified atom stereocenters. The van der Waals surface area contributed by atoms with E-state index in [9.17, 15) is 14.4 Å². The molecule has 2 amide bonds. The van der Waals surface area contributed by atoms with Crippen LogP contribution in [0.2, 0.25) is 0 Å². The molecule has 0 radical (unpaired) electrons. The summed E-state index contributed by atoms with van der Waals surface area (Å²) in [5.74, 6) is -1.19. The molecule has 2 aromatic carbocycles. The Labute approximate surface area is 174 Å². The van der Waals surface area contributed by atoms with E-state index in [0.717, 1.165) is 10.9 Å². The van der Waals surface area contributed by atoms with Gasteiger partial charge in [-0.15, -0.1) is 0 Å². The Morgan fingerprint density at radius 3 is 2.30 bits per heavy atom. The number of urea groups is 1. The number of nitrogens with one attached hydrogen (secondary N) is 3. The number of H-pyrrole nitrogens is 1. The first-order valence-electron chi connectivity index (χ1n) is 9.80. The Morgan fingerprint density at radius 1 is 0.933 bits per heavy atom. The van der Waals surface area contributed by atoms with Crippen molar-refractivity contribution in [3.8, 4) is 0 Å². The van der Waals surface area contributed by atoms with Crippen molar-refractivity contribution in [3.05, 3.63) is 66.4 Å². The Kier molecular flexibility index (Phi) is 6.51. The highest BCUT2D eigenvalue weighted by Gasteiger charge is 2.30. The maximum Gasteiger partial charge on any atom is 0.329 e. The topological polar surface area (TPSA) is 100 Å². The maximum absolute atomic E-state index is 12.8. The number of aromatic nitrogens is 1. The SMILES string of the molecule is CC(C)[C@H](NC(=O)Nc1ccccc1)C(=O)O[C@@H](C)C(=O)c1c[nH]c2ccccc12. The maximum atomic E-state index is 12.8. The number of carbonyl (C=O) groups excluding carboxylic acids is 3. The zero-order valence-corrected chi connectivity index (χ0v) is 17.1. The summed E-state index contributed by atoms with van der Waals surface area (Å²) in [6.07, 6.45) is 0.625. The standard InChI is InChI=1S/C23H25N3O4/c1-14(2)20(26-23(29)25-16-9-5-4-6-10-16)22(28)30-15(3)21(27)18-13-24-19-12-8-7-11-17(18)19/h4-15,20,24H,1-3H3,(H2,25,26,29)/t15-,20-/m0/s1. The van der Waals surface area contributed by atoms with Crippen LogP contribution >= 0.6 is 0 Å². The minimum Gasteiger partial charge on any atom is -0.453 e. The van der Waals surface area contributed by atoms with Gasteiger partial charge in [-0.3, -0.25) is 4.79 Å². The van der Waals surface area contributed by atoms with Gasteiger partial charge in [0.05, 0.1) is 0 Å². The Bertz CT molecular complexity index is 1040. The van der Waals surface area contributed by atoms with Gasteiger partial charge >= 0.3 is 12.0 Å². The molecule has 1 heterocycles. The quantitative estimate of drug-likeness (QED) is 0.405. The first-order chi connectivity index (χ1) is 14.4. The normalized spacial score (nSPS) is 12.9. The summed E-state index contributed by atoms with van der Waals surface area (Å²) >= 11 is 0. The molecule has 156 valence electrons. The molecule has 30 heavy (non-hydrogen) atoms. The summed E-state index contributed by atoms with van der Waals surface area (Å²) in [5.41, 5.74) is 1.90. The fourth-order valence-electron chi connectivity index (χ4n) is 3.12. The van der Waals surface area contributed by atoms with Gasteiger partial charge in [-0.25, -0.2) is 9.59 Å². The van der Waals surface area contributed by atoms with Crippen LogP contribution in [-0.2, 0) is 9.53 Å². The summed E-state index contributed by atoms with van der Waals surface area (Å²) in [6, 6.07) is 14.9. The molecular formula is C23H25N3O4. The van der Waals surface area contributed by atoms with Crippen LogP contribution in [-0.4, -0.2) is 34.9 Å². The van der Waals surface area contributed by atoms with Gasteiger partial charge in [0.15, 0.2) is 6.10 Å². The average molecular weight is 407 g/mol. The predicted molar refractivity (Wildman–Crippen MR) is 115 cm³/mol. The zero-order chi connectivity index (χ0) is 21.7. The molecule has 0 aliphatic carbocycles. The largest absolute Gasteiger partial charge is 0.453 e. The van der Waals surface area contributed by atoms with Crippen LogP contribution in [0.3, 0.4) is 0 Å². The number of hydrogen-bond acceptors (Lipinski definition) is 4. The molecule has 7 heteroatoms. The van der Waals surface area contributed by atoms with E-state index < -0.39 is 24.1 Å². The van der Waals surface area contributed by atoms with Gasteiger partial charge in [0.2, 0.25) is 5.78 Å². The number of aromatic amines is 1. The van der Waals surface area contributed by atoms with Crippen LogP contribution in [0.25, 0.3) is 10.9 Å². The van der Waals surface area contributed by atoms with E-state index in [-0.39, 0.29) is 11.7 Å². The fourth-order valence-corrected chi connectivity index (χ4v) is 3.12. The number of esters is 1. The Hall–Kier alpha value is -3.61. The minimum absolute atomic E-state index is 0.227. The summed E-state index contributed by atoms with van der Waals surface area (Å²) in [6.45, 7) is 5.12. The van der Waals surface area contributed by atoms with Crippen molar-refractivity contribution in [3.63, 3.8) is 0 Å². The van der Waals surface area contributed by atoms with Gasteiger partial charge in [-0.05, 0) is 31.0 Å². The lowest BCUT2D eigenvalue weighted by molar-refractivity contribution is -0.149. The number of benzene rings is 2. The number of anilines is 1. The van der Waals surface area contributed by atoms with Crippen LogP contribution in [0.5, 0.6) is 0 Å². The van der Waals surface area contributed by atoms with E-state index in [2.05, 4.69) is 15.6 Å². The molecule has 3 rings (SSSR count). The van der Waals surface area contributed by atoms with E-state index in [1.165, 1.54) is 6.92 Å². The van der Waals surface area contributed by atoms with Crippen molar-refractivity contribution in [2.45, 2.75) is 32.9 Å². The summed E-state index contributed by atoms with van der Waals surface area (Å²) in [7, 11) is 0. The average Bonchev–Trinajstić information content (AvgIpc) is 3.16. The zero-order valence-electron chi connectivity index (χ0n) is 17.1. The van der Waals surface area contributed by atoms with Crippen molar-refractivity contribution in [2.24, 2.45) is 5.92 Å². The van der Waals surface area contributed by atoms with Gasteiger partial charge in [0, 0.05) is 28.4 Å². The smallest absolute Gasteiger partial charge is 0.329 e. The van der Waals surface area contributed by atoms with Crippen LogP contribution in [0, 0.1) is 5.92 Å². The third-order valence-electron chi connectivity index (χ3n) is 4.76. The molecule has 0 fully saturated rings. The first kappa shape index (κ1) is 21.1. The van der Waals surface area contributed by atoms with Gasteiger partial charge < -0.3 is 20.4 Å². The lowest BCUT2D eigenvalue weighted by Gasteiger charge is -2.23. The van der Waals surface area contributed by atoms with Gasteiger partial charge in [-0.1, -0.05) is 50.2 Å². The van der Waals surface area contributed by atoms with Crippen molar-refractivity contribution in [2.75, 3.05) is 5.32 Å². The number of ether oxygens (including phenoxy) is 1. The van der Waals surface area contributed by atoms with E-state index >= 15 is 0 Å². The number of rotatable bonds is 7. The number of amides is 2. The highest BCUT2D eigenvalue weighted by atomic mass is 16.5. The van der Waals surface area contributed by atoms with E-state index in [0.29, 0.717) is 11.3 Å². The molecule has 3 N–H and O–H groups in total. The molecule has 0 saturated heterocycles. The van der Waals surface area contributed by atoms with Gasteiger partial charge in [-0.2, -0.15) is 0 Å². The number of carbonyl (C=O) groups is 3. The molecule has 0 saturated carbocycles. The molecule has 0 bridgehead atoms. The molecule has 3 aromatic rings. The van der Waals surface area contributed by atoms with Crippen molar-refractivity contribution >= 4 is 34.4 Å². The Morgan fingerprint density at radius 2 is 1.60 bits per heavy atom. The molecule has 2 atom stereocenters. The molecule has 0 spiro atoms. The van der Waals surface area contributed by atoms with E-state index in [4.69, 9.17) is 4.74 Å². The third-order valence-corrected chi connectivity index (χ3v) is 4.76. The highest BCUT2D eigenvalue weighted by molar-refractivity contribution is 6.10. The van der Waals surface area contributed by atoms with Crippen molar-refractivity contribution in [1.82, 2.24) is 10.3 Å². The number of ketones is 1.